The number of rotatable bonds is 5. The first-order valence-corrected chi connectivity index (χ1v) is 7.35. The quantitative estimate of drug-likeness (QED) is 0.692. The van der Waals surface area contributed by atoms with Crippen LogP contribution in [0.15, 0.2) is 30.3 Å². The lowest BCUT2D eigenvalue weighted by atomic mass is 10.2. The second-order valence-electron chi connectivity index (χ2n) is 3.62. The van der Waals surface area contributed by atoms with Gasteiger partial charge in [-0.15, -0.1) is 0 Å². The summed E-state index contributed by atoms with van der Waals surface area (Å²) < 4.78 is 5.35. The van der Waals surface area contributed by atoms with Gasteiger partial charge >= 0.3 is 0 Å². The van der Waals surface area contributed by atoms with Crippen LogP contribution in [-0.4, -0.2) is 18.2 Å². The van der Waals surface area contributed by atoms with Gasteiger partial charge in [-0.3, -0.25) is 0 Å². The first-order valence-electron chi connectivity index (χ1n) is 5.86. The molecule has 0 heterocycles. The minimum Gasteiger partial charge on any atom is -0.323 e. The molecule has 0 amide bonds. The zero-order valence-corrected chi connectivity index (χ0v) is 11.6. The van der Waals surface area contributed by atoms with E-state index >= 15 is 0 Å². The van der Waals surface area contributed by atoms with E-state index in [1.54, 1.807) is 0 Å². The highest BCUT2D eigenvalue weighted by Crippen LogP contribution is 2.11. The third kappa shape index (κ3) is 9.94. The van der Waals surface area contributed by atoms with Crippen molar-refractivity contribution in [1.82, 2.24) is 0 Å². The van der Waals surface area contributed by atoms with Crippen LogP contribution < -0.4 is 0 Å². The maximum absolute atomic E-state index is 5.35. The average Bonchev–Trinajstić information content (AvgIpc) is 2.29. The van der Waals surface area contributed by atoms with E-state index in [0.29, 0.717) is 0 Å². The zero-order valence-electron chi connectivity index (χ0n) is 10.7. The third-order valence-electron chi connectivity index (χ3n) is 1.83. The molecule has 16 heavy (non-hydrogen) atoms. The standard InChI is InChI=1S/C7H16OS.C7H8/c1-4-6-8-9(3)7-5-2;1-7-5-3-2-4-6-7/h3-7H2,1-2H3;2-6H,1H3. The van der Waals surface area contributed by atoms with Gasteiger partial charge in [-0.05, 0) is 25.6 Å². The van der Waals surface area contributed by atoms with E-state index in [-0.39, 0.29) is 10.8 Å². The summed E-state index contributed by atoms with van der Waals surface area (Å²) in [5.41, 5.74) is 1.32. The van der Waals surface area contributed by atoms with Crippen LogP contribution in [0.1, 0.15) is 32.3 Å². The van der Waals surface area contributed by atoms with Crippen LogP contribution in [0, 0.1) is 6.92 Å². The molecule has 1 aromatic carbocycles. The summed E-state index contributed by atoms with van der Waals surface area (Å²) in [4.78, 5) is 0. The molecule has 2 heteroatoms. The van der Waals surface area contributed by atoms with E-state index in [1.165, 1.54) is 12.0 Å². The smallest absolute Gasteiger partial charge is 0.0603 e. The lowest BCUT2D eigenvalue weighted by molar-refractivity contribution is 0.371. The Labute approximate surface area is 103 Å². The minimum atomic E-state index is -0.0199. The fourth-order valence-corrected chi connectivity index (χ4v) is 2.00. The molecule has 0 aliphatic heterocycles. The molecule has 92 valence electrons. The van der Waals surface area contributed by atoms with Crippen LogP contribution in [0.3, 0.4) is 0 Å². The molecule has 0 spiro atoms. The molecule has 0 saturated carbocycles. The van der Waals surface area contributed by atoms with Crippen molar-refractivity contribution < 1.29 is 4.18 Å². The highest BCUT2D eigenvalue weighted by molar-refractivity contribution is 8.09. The molecular formula is C14H24OS. The second-order valence-corrected chi connectivity index (χ2v) is 5.14. The van der Waals surface area contributed by atoms with E-state index < -0.39 is 0 Å². The van der Waals surface area contributed by atoms with Crippen LogP contribution in [-0.2, 0) is 4.18 Å². The Morgan fingerprint density at radius 3 is 2.12 bits per heavy atom. The Hall–Kier alpha value is -0.600. The summed E-state index contributed by atoms with van der Waals surface area (Å²) in [7, 11) is -0.0199. The number of benzene rings is 1. The van der Waals surface area contributed by atoms with Crippen LogP contribution >= 0.6 is 10.8 Å². The molecule has 1 aromatic rings. The Kier molecular flexibility index (Phi) is 10.5. The molecule has 1 rings (SSSR count). The molecule has 0 aliphatic carbocycles. The fraction of sp³-hybridized carbons (Fsp3) is 0.500. The molecule has 0 aliphatic rings. The van der Waals surface area contributed by atoms with Crippen molar-refractivity contribution in [2.75, 3.05) is 12.4 Å². The molecule has 0 fully saturated rings. The van der Waals surface area contributed by atoms with Gasteiger partial charge in [-0.25, -0.2) is 0 Å². The van der Waals surface area contributed by atoms with Crippen LogP contribution in [0.4, 0.5) is 0 Å². The van der Waals surface area contributed by atoms with Crippen molar-refractivity contribution in [3.63, 3.8) is 0 Å². The van der Waals surface area contributed by atoms with E-state index in [0.717, 1.165) is 18.8 Å². The van der Waals surface area contributed by atoms with Gasteiger partial charge < -0.3 is 4.18 Å². The summed E-state index contributed by atoms with van der Waals surface area (Å²) in [5, 5.41) is 0. The van der Waals surface area contributed by atoms with Crippen molar-refractivity contribution in [3.05, 3.63) is 35.9 Å². The number of hydrogen-bond donors (Lipinski definition) is 0. The topological polar surface area (TPSA) is 9.23 Å². The molecule has 0 N–H and O–H groups in total. The largest absolute Gasteiger partial charge is 0.323 e. The van der Waals surface area contributed by atoms with Gasteiger partial charge in [0, 0.05) is 5.75 Å². The van der Waals surface area contributed by atoms with E-state index in [4.69, 9.17) is 4.18 Å². The molecule has 1 unspecified atom stereocenters. The Morgan fingerprint density at radius 2 is 1.75 bits per heavy atom. The van der Waals surface area contributed by atoms with Gasteiger partial charge in [-0.1, -0.05) is 60.5 Å². The number of hydrogen-bond acceptors (Lipinski definition) is 1. The predicted molar refractivity (Wildman–Crippen MR) is 77.3 cm³/mol. The highest BCUT2D eigenvalue weighted by Gasteiger charge is 1.87. The maximum Gasteiger partial charge on any atom is 0.0603 e. The lowest BCUT2D eigenvalue weighted by Gasteiger charge is -2.03. The first kappa shape index (κ1) is 15.4. The molecule has 1 nitrogen and oxygen atoms in total. The summed E-state index contributed by atoms with van der Waals surface area (Å²) >= 11 is 0. The fourth-order valence-electron chi connectivity index (χ4n) is 1.02. The minimum absolute atomic E-state index is 0.0199. The average molecular weight is 240 g/mol. The van der Waals surface area contributed by atoms with Crippen molar-refractivity contribution in [2.45, 2.75) is 33.6 Å². The van der Waals surface area contributed by atoms with Crippen molar-refractivity contribution in [3.8, 4) is 0 Å². The van der Waals surface area contributed by atoms with E-state index in [1.807, 2.05) is 18.2 Å². The number of aryl methyl sites for hydroxylation is 1. The van der Waals surface area contributed by atoms with Gasteiger partial charge in [0.15, 0.2) is 0 Å². The molecular weight excluding hydrogens is 216 g/mol. The Balaban J connectivity index is 0.000000288. The zero-order chi connectivity index (χ0) is 12.2. The van der Waals surface area contributed by atoms with Crippen molar-refractivity contribution >= 4 is 16.6 Å². The van der Waals surface area contributed by atoms with Gasteiger partial charge in [0.05, 0.1) is 6.61 Å². The van der Waals surface area contributed by atoms with Crippen LogP contribution in [0.5, 0.6) is 0 Å². The van der Waals surface area contributed by atoms with Gasteiger partial charge in [-0.2, -0.15) is 0 Å². The van der Waals surface area contributed by atoms with E-state index in [9.17, 15) is 0 Å². The molecule has 0 radical (unpaired) electrons. The summed E-state index contributed by atoms with van der Waals surface area (Å²) in [6.45, 7) is 7.22. The monoisotopic (exact) mass is 240 g/mol. The summed E-state index contributed by atoms with van der Waals surface area (Å²) in [5.74, 6) is 4.98. The maximum atomic E-state index is 5.35. The van der Waals surface area contributed by atoms with Crippen LogP contribution in [0.2, 0.25) is 0 Å². The van der Waals surface area contributed by atoms with Gasteiger partial charge in [0.1, 0.15) is 0 Å². The third-order valence-corrected chi connectivity index (χ3v) is 3.19. The summed E-state index contributed by atoms with van der Waals surface area (Å²) in [6, 6.07) is 10.3. The normalized spacial score (nSPS) is 11.4. The molecule has 0 saturated heterocycles. The van der Waals surface area contributed by atoms with Crippen molar-refractivity contribution in [1.29, 1.82) is 0 Å². The van der Waals surface area contributed by atoms with E-state index in [2.05, 4.69) is 38.8 Å². The van der Waals surface area contributed by atoms with Crippen LogP contribution in [0.25, 0.3) is 0 Å². The SMILES string of the molecule is C=S(CCC)OCCC.Cc1ccccc1. The second kappa shape index (κ2) is 10.9. The van der Waals surface area contributed by atoms with Crippen molar-refractivity contribution in [2.24, 2.45) is 0 Å². The Morgan fingerprint density at radius 1 is 1.12 bits per heavy atom. The Bertz CT molecular complexity index is 269. The first-order chi connectivity index (χ1) is 7.70. The van der Waals surface area contributed by atoms with Gasteiger partial charge in [0.25, 0.3) is 0 Å². The summed E-state index contributed by atoms with van der Waals surface area (Å²) in [6.07, 6.45) is 2.28. The molecule has 0 aromatic heterocycles. The van der Waals surface area contributed by atoms with Gasteiger partial charge in [0.2, 0.25) is 0 Å². The lowest BCUT2D eigenvalue weighted by Crippen LogP contribution is -1.87. The predicted octanol–water partition coefficient (Wildman–Crippen LogP) is 4.43. The molecule has 0 bridgehead atoms. The molecule has 1 atom stereocenters. The highest BCUT2D eigenvalue weighted by atomic mass is 32.2.